The first-order valence-corrected chi connectivity index (χ1v) is 10.5. The minimum absolute atomic E-state index is 0.152. The van der Waals surface area contributed by atoms with Gasteiger partial charge in [0.15, 0.2) is 5.82 Å². The molecule has 8 heteroatoms. The van der Waals surface area contributed by atoms with Gasteiger partial charge in [0, 0.05) is 17.1 Å². The molecule has 1 fully saturated rings. The van der Waals surface area contributed by atoms with Gasteiger partial charge in [-0.2, -0.15) is 0 Å². The second-order valence-corrected chi connectivity index (χ2v) is 8.33. The largest absolute Gasteiger partial charge is 0.486 e. The predicted molar refractivity (Wildman–Crippen MR) is 107 cm³/mol. The van der Waals surface area contributed by atoms with Gasteiger partial charge in [0.05, 0.1) is 5.75 Å². The van der Waals surface area contributed by atoms with Crippen LogP contribution in [0.15, 0.2) is 23.4 Å². The second-order valence-electron chi connectivity index (χ2n) is 6.98. The van der Waals surface area contributed by atoms with Crippen molar-refractivity contribution in [1.82, 2.24) is 20.1 Å². The molecular weight excluding hydrogens is 384 g/mol. The molecule has 146 valence electrons. The van der Waals surface area contributed by atoms with Crippen molar-refractivity contribution in [3.63, 3.8) is 0 Å². The molecule has 0 aliphatic carbocycles. The molecule has 1 aromatic carbocycles. The van der Waals surface area contributed by atoms with Crippen LogP contribution in [0.2, 0.25) is 5.02 Å². The average molecular weight is 409 g/mol. The number of H-pyrrole nitrogens is 1. The fourth-order valence-electron chi connectivity index (χ4n) is 3.38. The summed E-state index contributed by atoms with van der Waals surface area (Å²) < 4.78 is 5.71. The van der Waals surface area contributed by atoms with Crippen LogP contribution in [-0.2, 0) is 11.4 Å². The van der Waals surface area contributed by atoms with Gasteiger partial charge in [-0.1, -0.05) is 23.4 Å². The number of nitrogens with zero attached hydrogens (tertiary/aromatic N) is 3. The topological polar surface area (TPSA) is 71.1 Å². The molecule has 1 N–H and O–H groups in total. The van der Waals surface area contributed by atoms with Crippen LogP contribution in [-0.4, -0.2) is 43.8 Å². The summed E-state index contributed by atoms with van der Waals surface area (Å²) in [7, 11) is 0. The molecule has 2 atom stereocenters. The number of piperidine rings is 1. The van der Waals surface area contributed by atoms with Gasteiger partial charge in [-0.3, -0.25) is 9.89 Å². The van der Waals surface area contributed by atoms with E-state index in [2.05, 4.69) is 29.0 Å². The number of hydrogen-bond acceptors (Lipinski definition) is 5. The van der Waals surface area contributed by atoms with E-state index >= 15 is 0 Å². The van der Waals surface area contributed by atoms with Gasteiger partial charge >= 0.3 is 0 Å². The maximum atomic E-state index is 12.6. The van der Waals surface area contributed by atoms with E-state index in [1.54, 1.807) is 0 Å². The van der Waals surface area contributed by atoms with E-state index in [-0.39, 0.29) is 12.5 Å². The van der Waals surface area contributed by atoms with Gasteiger partial charge in [-0.25, -0.2) is 4.98 Å². The maximum Gasteiger partial charge on any atom is 0.233 e. The molecule has 2 heterocycles. The van der Waals surface area contributed by atoms with E-state index < -0.39 is 0 Å². The molecule has 0 bridgehead atoms. The molecule has 0 radical (unpaired) electrons. The highest BCUT2D eigenvalue weighted by molar-refractivity contribution is 7.99. The Bertz CT molecular complexity index is 788. The van der Waals surface area contributed by atoms with E-state index in [4.69, 9.17) is 16.3 Å². The molecule has 1 aromatic heterocycles. The van der Waals surface area contributed by atoms with Crippen molar-refractivity contribution in [2.75, 3.05) is 5.75 Å². The molecule has 6 nitrogen and oxygen atoms in total. The standard InChI is InChI=1S/C19H25ClN4O2S/c1-12-9-15(7-8-16(12)20)26-10-17-21-19(23-22-17)27-11-18(25)24-13(2)5-4-6-14(24)3/h7-9,13-14H,4-6,10-11H2,1-3H3,(H,21,22,23)/t13-,14-/m1/s1. The molecule has 0 saturated carbocycles. The highest BCUT2D eigenvalue weighted by Gasteiger charge is 2.28. The maximum absolute atomic E-state index is 12.6. The number of ether oxygens (including phenoxy) is 1. The SMILES string of the molecule is Cc1cc(OCc2nc(SCC(=O)N3[C@H](C)CCC[C@H]3C)n[nH]2)ccc1Cl. The summed E-state index contributed by atoms with van der Waals surface area (Å²) >= 11 is 7.37. The average Bonchev–Trinajstić information content (AvgIpc) is 3.09. The summed E-state index contributed by atoms with van der Waals surface area (Å²) in [6.45, 7) is 6.46. The summed E-state index contributed by atoms with van der Waals surface area (Å²) in [5.41, 5.74) is 0.961. The van der Waals surface area contributed by atoms with E-state index in [0.717, 1.165) is 24.2 Å². The van der Waals surface area contributed by atoms with Crippen LogP contribution in [0.5, 0.6) is 5.75 Å². The molecule has 1 amide bonds. The molecule has 0 unspecified atom stereocenters. The van der Waals surface area contributed by atoms with E-state index in [1.807, 2.05) is 30.0 Å². The number of benzene rings is 1. The Morgan fingerprint density at radius 3 is 2.81 bits per heavy atom. The van der Waals surface area contributed by atoms with Gasteiger partial charge in [-0.15, -0.1) is 5.10 Å². The fourth-order valence-corrected chi connectivity index (χ4v) is 4.18. The van der Waals surface area contributed by atoms with Gasteiger partial charge in [-0.05, 0) is 63.8 Å². The minimum Gasteiger partial charge on any atom is -0.486 e. The number of thioether (sulfide) groups is 1. The smallest absolute Gasteiger partial charge is 0.233 e. The first kappa shape index (κ1) is 20.0. The van der Waals surface area contributed by atoms with Gasteiger partial charge in [0.25, 0.3) is 0 Å². The number of halogens is 1. The quantitative estimate of drug-likeness (QED) is 0.724. The lowest BCUT2D eigenvalue weighted by molar-refractivity contribution is -0.134. The lowest BCUT2D eigenvalue weighted by Crippen LogP contribution is -2.48. The number of aromatic nitrogens is 3. The Labute approximate surface area is 169 Å². The van der Waals surface area contributed by atoms with Crippen LogP contribution in [0.25, 0.3) is 0 Å². The van der Waals surface area contributed by atoms with Crippen molar-refractivity contribution >= 4 is 29.3 Å². The third kappa shape index (κ3) is 5.17. The summed E-state index contributed by atoms with van der Waals surface area (Å²) in [5, 5.41) is 8.31. The second kappa shape index (κ2) is 8.97. The molecule has 1 aliphatic heterocycles. The number of nitrogens with one attached hydrogen (secondary N) is 1. The first-order chi connectivity index (χ1) is 12.9. The molecule has 0 spiro atoms. The highest BCUT2D eigenvalue weighted by Crippen LogP contribution is 2.25. The number of likely N-dealkylation sites (tertiary alicyclic amines) is 1. The lowest BCUT2D eigenvalue weighted by atomic mass is 9.98. The fraction of sp³-hybridized carbons (Fsp3) is 0.526. The van der Waals surface area contributed by atoms with E-state index in [0.29, 0.717) is 33.8 Å². The Kier molecular flexibility index (Phi) is 6.65. The summed E-state index contributed by atoms with van der Waals surface area (Å²) in [5.74, 6) is 1.85. The normalized spacial score (nSPS) is 19.9. The number of amides is 1. The molecule has 1 saturated heterocycles. The monoisotopic (exact) mass is 408 g/mol. The zero-order chi connectivity index (χ0) is 19.4. The van der Waals surface area contributed by atoms with Crippen molar-refractivity contribution in [1.29, 1.82) is 0 Å². The predicted octanol–water partition coefficient (Wildman–Crippen LogP) is 4.23. The number of rotatable bonds is 6. The van der Waals surface area contributed by atoms with Crippen LogP contribution >= 0.6 is 23.4 Å². The Hall–Kier alpha value is -1.73. The number of carbonyl (C=O) groups excluding carboxylic acids is 1. The zero-order valence-electron chi connectivity index (χ0n) is 15.9. The van der Waals surface area contributed by atoms with Crippen LogP contribution in [0.1, 0.15) is 44.5 Å². The van der Waals surface area contributed by atoms with Crippen molar-refractivity contribution < 1.29 is 9.53 Å². The van der Waals surface area contributed by atoms with Crippen molar-refractivity contribution in [3.8, 4) is 5.75 Å². The minimum atomic E-state index is 0.152. The lowest BCUT2D eigenvalue weighted by Gasteiger charge is -2.39. The first-order valence-electron chi connectivity index (χ1n) is 9.18. The molecule has 27 heavy (non-hydrogen) atoms. The van der Waals surface area contributed by atoms with Crippen molar-refractivity contribution in [2.24, 2.45) is 0 Å². The summed E-state index contributed by atoms with van der Waals surface area (Å²) in [4.78, 5) is 19.0. The number of aromatic amines is 1. The van der Waals surface area contributed by atoms with Crippen molar-refractivity contribution in [2.45, 2.75) is 63.9 Å². The van der Waals surface area contributed by atoms with E-state index in [9.17, 15) is 4.79 Å². The van der Waals surface area contributed by atoms with E-state index in [1.165, 1.54) is 18.2 Å². The highest BCUT2D eigenvalue weighted by atomic mass is 35.5. The van der Waals surface area contributed by atoms with Crippen LogP contribution in [0.3, 0.4) is 0 Å². The van der Waals surface area contributed by atoms with Gasteiger partial charge in [0.2, 0.25) is 11.1 Å². The summed E-state index contributed by atoms with van der Waals surface area (Å²) in [6, 6.07) is 6.12. The Morgan fingerprint density at radius 1 is 1.37 bits per heavy atom. The zero-order valence-corrected chi connectivity index (χ0v) is 17.4. The number of hydrogen-bond donors (Lipinski definition) is 1. The van der Waals surface area contributed by atoms with Crippen LogP contribution < -0.4 is 4.74 Å². The van der Waals surface area contributed by atoms with Crippen molar-refractivity contribution in [3.05, 3.63) is 34.6 Å². The third-order valence-electron chi connectivity index (χ3n) is 4.82. The van der Waals surface area contributed by atoms with Crippen LogP contribution in [0, 0.1) is 6.92 Å². The molecule has 2 aromatic rings. The Morgan fingerprint density at radius 2 is 2.11 bits per heavy atom. The van der Waals surface area contributed by atoms with Gasteiger partial charge < -0.3 is 9.64 Å². The molecule has 1 aliphatic rings. The number of aryl methyl sites for hydroxylation is 1. The molecular formula is C19H25ClN4O2S. The Balaban J connectivity index is 1.50. The number of carbonyl (C=O) groups is 1. The third-order valence-corrected chi connectivity index (χ3v) is 6.08. The van der Waals surface area contributed by atoms with Crippen LogP contribution in [0.4, 0.5) is 0 Å². The summed E-state index contributed by atoms with van der Waals surface area (Å²) in [6.07, 6.45) is 3.34. The van der Waals surface area contributed by atoms with Gasteiger partial charge in [0.1, 0.15) is 12.4 Å². The molecule has 3 rings (SSSR count).